The fourth-order valence-electron chi connectivity index (χ4n) is 7.09. The SMILES string of the molecule is c1ccc(-c2nc(-c3cccc4c(N5c6ccccc6-c6cccc7cccc5c67)cccc34)nc3c2oc2ccccc23)nc1. The third-order valence-electron chi connectivity index (χ3n) is 9.07. The lowest BCUT2D eigenvalue weighted by Crippen LogP contribution is -2.15. The second kappa shape index (κ2) is 9.58. The molecule has 0 unspecified atom stereocenters. The van der Waals surface area contributed by atoms with Gasteiger partial charge in [-0.25, -0.2) is 9.97 Å². The number of para-hydroxylation sites is 2. The topological polar surface area (TPSA) is 55.1 Å². The van der Waals surface area contributed by atoms with Crippen molar-refractivity contribution < 1.29 is 4.42 Å². The first-order valence-electron chi connectivity index (χ1n) is 15.4. The molecule has 4 heterocycles. The van der Waals surface area contributed by atoms with E-state index in [2.05, 4.69) is 107 Å². The number of rotatable bonds is 3. The van der Waals surface area contributed by atoms with Gasteiger partial charge in [0.25, 0.3) is 0 Å². The van der Waals surface area contributed by atoms with E-state index >= 15 is 0 Å². The monoisotopic (exact) mass is 588 g/mol. The van der Waals surface area contributed by atoms with E-state index in [1.807, 2.05) is 42.5 Å². The maximum Gasteiger partial charge on any atom is 0.181 e. The summed E-state index contributed by atoms with van der Waals surface area (Å²) in [6.07, 6.45) is 1.78. The van der Waals surface area contributed by atoms with Crippen molar-refractivity contribution in [3.63, 3.8) is 0 Å². The summed E-state index contributed by atoms with van der Waals surface area (Å²) in [6.45, 7) is 0. The molecule has 3 aromatic heterocycles. The number of pyridine rings is 1. The molecule has 0 bridgehead atoms. The lowest BCUT2D eigenvalue weighted by molar-refractivity contribution is 0.667. The fraction of sp³-hybridized carbons (Fsp3) is 0. The molecule has 1 aliphatic heterocycles. The van der Waals surface area contributed by atoms with E-state index in [4.69, 9.17) is 14.4 Å². The van der Waals surface area contributed by atoms with Gasteiger partial charge in [0.1, 0.15) is 16.8 Å². The van der Waals surface area contributed by atoms with Crippen LogP contribution >= 0.6 is 0 Å². The van der Waals surface area contributed by atoms with Crippen LogP contribution < -0.4 is 4.90 Å². The molecule has 1 aliphatic rings. The van der Waals surface area contributed by atoms with Gasteiger partial charge in [0.05, 0.1) is 22.8 Å². The van der Waals surface area contributed by atoms with Crippen molar-refractivity contribution >= 4 is 60.7 Å². The quantitative estimate of drug-likeness (QED) is 0.205. The molecule has 0 amide bonds. The molecule has 6 aromatic carbocycles. The number of fused-ring (bicyclic) bond motifs is 6. The van der Waals surface area contributed by atoms with Gasteiger partial charge in [-0.2, -0.15) is 0 Å². The third kappa shape index (κ3) is 3.54. The highest BCUT2D eigenvalue weighted by Crippen LogP contribution is 2.52. The lowest BCUT2D eigenvalue weighted by Gasteiger charge is -2.34. The Hall–Kier alpha value is -6.33. The van der Waals surface area contributed by atoms with Gasteiger partial charge in [-0.05, 0) is 58.8 Å². The third-order valence-corrected chi connectivity index (χ3v) is 9.07. The molecule has 10 rings (SSSR count). The molecular formula is C41H24N4O. The second-order valence-electron chi connectivity index (χ2n) is 11.6. The van der Waals surface area contributed by atoms with E-state index in [9.17, 15) is 0 Å². The molecule has 5 heteroatoms. The molecular weight excluding hydrogens is 564 g/mol. The largest absolute Gasteiger partial charge is 0.452 e. The van der Waals surface area contributed by atoms with Gasteiger partial charge in [0.2, 0.25) is 0 Å². The van der Waals surface area contributed by atoms with Gasteiger partial charge in [-0.15, -0.1) is 0 Å². The van der Waals surface area contributed by atoms with Crippen LogP contribution in [-0.4, -0.2) is 15.0 Å². The number of aromatic nitrogens is 3. The molecule has 0 atom stereocenters. The summed E-state index contributed by atoms with van der Waals surface area (Å²) in [4.78, 5) is 17.4. The van der Waals surface area contributed by atoms with Crippen LogP contribution in [0.1, 0.15) is 0 Å². The summed E-state index contributed by atoms with van der Waals surface area (Å²) < 4.78 is 6.33. The van der Waals surface area contributed by atoms with Crippen molar-refractivity contribution in [1.29, 1.82) is 0 Å². The van der Waals surface area contributed by atoms with Crippen molar-refractivity contribution in [1.82, 2.24) is 15.0 Å². The number of nitrogens with zero attached hydrogens (tertiary/aromatic N) is 4. The lowest BCUT2D eigenvalue weighted by atomic mass is 9.90. The van der Waals surface area contributed by atoms with Gasteiger partial charge >= 0.3 is 0 Å². The first-order chi connectivity index (χ1) is 22.8. The molecule has 9 aromatic rings. The van der Waals surface area contributed by atoms with Crippen LogP contribution in [0.2, 0.25) is 0 Å². The van der Waals surface area contributed by atoms with Crippen LogP contribution in [-0.2, 0) is 0 Å². The summed E-state index contributed by atoms with van der Waals surface area (Å²) in [5.41, 5.74) is 10.5. The number of benzene rings is 6. The first kappa shape index (κ1) is 25.0. The van der Waals surface area contributed by atoms with Gasteiger partial charge < -0.3 is 9.32 Å². The Balaban J connectivity index is 1.25. The average Bonchev–Trinajstić information content (AvgIpc) is 3.50. The second-order valence-corrected chi connectivity index (χ2v) is 11.6. The average molecular weight is 589 g/mol. The normalized spacial score (nSPS) is 12.3. The van der Waals surface area contributed by atoms with Crippen molar-refractivity contribution in [2.24, 2.45) is 0 Å². The minimum atomic E-state index is 0.633. The standard InChI is InChI=1S/C41H24N4O/c1-3-20-33-28(13-1)29-17-7-11-25-12-8-22-35(37(25)29)45(33)34-21-10-15-26-27(34)16-9-18-30(26)41-43-38-31-14-2-4-23-36(31)46-40(38)39(44-41)32-19-5-6-24-42-32/h1-24H. The van der Waals surface area contributed by atoms with E-state index in [1.165, 1.54) is 27.6 Å². The van der Waals surface area contributed by atoms with Crippen molar-refractivity contribution in [2.75, 3.05) is 4.90 Å². The van der Waals surface area contributed by atoms with Gasteiger partial charge in [-0.1, -0.05) is 97.1 Å². The van der Waals surface area contributed by atoms with Crippen LogP contribution in [0.4, 0.5) is 17.1 Å². The molecule has 0 saturated carbocycles. The fourth-order valence-corrected chi connectivity index (χ4v) is 7.09. The molecule has 0 radical (unpaired) electrons. The van der Waals surface area contributed by atoms with Gasteiger partial charge in [0.15, 0.2) is 11.4 Å². The van der Waals surface area contributed by atoms with Crippen LogP contribution in [0, 0.1) is 0 Å². The van der Waals surface area contributed by atoms with Crippen LogP contribution in [0.25, 0.3) is 77.5 Å². The highest BCUT2D eigenvalue weighted by Gasteiger charge is 2.27. The van der Waals surface area contributed by atoms with E-state index < -0.39 is 0 Å². The van der Waals surface area contributed by atoms with Crippen LogP contribution in [0.5, 0.6) is 0 Å². The van der Waals surface area contributed by atoms with Crippen molar-refractivity contribution in [2.45, 2.75) is 0 Å². The maximum absolute atomic E-state index is 6.33. The van der Waals surface area contributed by atoms with E-state index in [-0.39, 0.29) is 0 Å². The zero-order valence-electron chi connectivity index (χ0n) is 24.6. The minimum absolute atomic E-state index is 0.633. The number of anilines is 3. The van der Waals surface area contributed by atoms with E-state index in [1.54, 1.807) is 6.20 Å². The first-order valence-corrected chi connectivity index (χ1v) is 15.4. The zero-order chi connectivity index (χ0) is 30.2. The Bertz CT molecular complexity index is 2650. The highest BCUT2D eigenvalue weighted by atomic mass is 16.3. The predicted molar refractivity (Wildman–Crippen MR) is 187 cm³/mol. The molecule has 0 fully saturated rings. The Morgan fingerprint density at radius 1 is 0.500 bits per heavy atom. The minimum Gasteiger partial charge on any atom is -0.452 e. The zero-order valence-corrected chi connectivity index (χ0v) is 24.6. The number of furan rings is 1. The smallest absolute Gasteiger partial charge is 0.181 e. The highest BCUT2D eigenvalue weighted by molar-refractivity contribution is 6.16. The maximum atomic E-state index is 6.33. The molecule has 0 N–H and O–H groups in total. The molecule has 5 nitrogen and oxygen atoms in total. The molecule has 0 saturated heterocycles. The number of hydrogen-bond donors (Lipinski definition) is 0. The molecule has 0 spiro atoms. The van der Waals surface area contributed by atoms with Crippen LogP contribution in [0.3, 0.4) is 0 Å². The van der Waals surface area contributed by atoms with E-state index in [0.29, 0.717) is 17.1 Å². The van der Waals surface area contributed by atoms with Crippen LogP contribution in [0.15, 0.2) is 150 Å². The number of hydrogen-bond acceptors (Lipinski definition) is 5. The Morgan fingerprint density at radius 3 is 2.13 bits per heavy atom. The summed E-state index contributed by atoms with van der Waals surface area (Å²) >= 11 is 0. The predicted octanol–water partition coefficient (Wildman–Crippen LogP) is 10.9. The van der Waals surface area contributed by atoms with Gasteiger partial charge in [-0.3, -0.25) is 4.98 Å². The van der Waals surface area contributed by atoms with Gasteiger partial charge in [0, 0.05) is 33.5 Å². The summed E-state index contributed by atoms with van der Waals surface area (Å²) in [5, 5.41) is 5.63. The Morgan fingerprint density at radius 2 is 1.20 bits per heavy atom. The molecule has 214 valence electrons. The van der Waals surface area contributed by atoms with Crippen molar-refractivity contribution in [3.05, 3.63) is 146 Å². The van der Waals surface area contributed by atoms with Crippen molar-refractivity contribution in [3.8, 4) is 33.9 Å². The molecule has 0 aliphatic carbocycles. The molecule has 46 heavy (non-hydrogen) atoms. The van der Waals surface area contributed by atoms with E-state index in [0.717, 1.165) is 49.9 Å². The summed E-state index contributed by atoms with van der Waals surface area (Å²) in [7, 11) is 0. The Kier molecular flexibility index (Phi) is 5.22. The summed E-state index contributed by atoms with van der Waals surface area (Å²) in [5.74, 6) is 0.633. The Labute approximate surface area is 264 Å². The summed E-state index contributed by atoms with van der Waals surface area (Å²) in [6, 6.07) is 48.6.